The third-order valence-electron chi connectivity index (χ3n) is 3.58. The molecular weight excluding hydrogens is 284 g/mol. The van der Waals surface area contributed by atoms with Crippen LogP contribution in [0.5, 0.6) is 5.75 Å². The van der Waals surface area contributed by atoms with E-state index >= 15 is 0 Å². The number of benzene rings is 1. The lowest BCUT2D eigenvalue weighted by atomic mass is 10.1. The normalized spacial score (nSPS) is 22.7. The van der Waals surface area contributed by atoms with E-state index in [4.69, 9.17) is 4.74 Å². The zero-order chi connectivity index (χ0) is 14.2. The van der Waals surface area contributed by atoms with Crippen molar-refractivity contribution >= 4 is 23.5 Å². The molecule has 1 aromatic rings. The van der Waals surface area contributed by atoms with E-state index in [-0.39, 0.29) is 0 Å². The first kappa shape index (κ1) is 16.1. The molecule has 0 aromatic heterocycles. The van der Waals surface area contributed by atoms with Crippen LogP contribution < -0.4 is 4.74 Å². The summed E-state index contributed by atoms with van der Waals surface area (Å²) in [4.78, 5) is 0. The van der Waals surface area contributed by atoms with Crippen LogP contribution in [0.1, 0.15) is 49.7 Å². The predicted molar refractivity (Wildman–Crippen MR) is 92.9 cm³/mol. The molecule has 1 nitrogen and oxygen atoms in total. The smallest absolute Gasteiger partial charge is 0.119 e. The van der Waals surface area contributed by atoms with Gasteiger partial charge in [-0.2, -0.15) is 0 Å². The summed E-state index contributed by atoms with van der Waals surface area (Å²) in [5.74, 6) is 4.57. The van der Waals surface area contributed by atoms with Crippen molar-refractivity contribution in [2.24, 2.45) is 5.92 Å². The molecule has 0 spiro atoms. The largest absolute Gasteiger partial charge is 0.494 e. The Hall–Kier alpha value is -0.280. The zero-order valence-electron chi connectivity index (χ0n) is 12.6. The molecule has 20 heavy (non-hydrogen) atoms. The van der Waals surface area contributed by atoms with Crippen LogP contribution in [0.15, 0.2) is 24.3 Å². The van der Waals surface area contributed by atoms with Crippen LogP contribution in [0.4, 0.5) is 0 Å². The van der Waals surface area contributed by atoms with Crippen LogP contribution in [0.3, 0.4) is 0 Å². The monoisotopic (exact) mass is 310 g/mol. The summed E-state index contributed by atoms with van der Waals surface area (Å²) >= 11 is 4.23. The van der Waals surface area contributed by atoms with Gasteiger partial charge in [0.05, 0.1) is 11.2 Å². The van der Waals surface area contributed by atoms with Gasteiger partial charge in [-0.3, -0.25) is 0 Å². The summed E-state index contributed by atoms with van der Waals surface area (Å²) in [5, 5.41) is 0. The SMILES string of the molecule is CCCCOc1ccc(C2SCC(CCC)CS2)cc1. The Kier molecular flexibility index (Phi) is 7.15. The van der Waals surface area contributed by atoms with Crippen LogP contribution in [0, 0.1) is 5.92 Å². The third kappa shape index (κ3) is 4.92. The molecule has 0 unspecified atom stereocenters. The maximum Gasteiger partial charge on any atom is 0.119 e. The number of hydrogen-bond donors (Lipinski definition) is 0. The van der Waals surface area contributed by atoms with Gasteiger partial charge in [-0.1, -0.05) is 38.8 Å². The van der Waals surface area contributed by atoms with Crippen molar-refractivity contribution in [1.29, 1.82) is 0 Å². The highest BCUT2D eigenvalue weighted by Gasteiger charge is 2.22. The Morgan fingerprint density at radius 1 is 1.05 bits per heavy atom. The van der Waals surface area contributed by atoms with Crippen molar-refractivity contribution < 1.29 is 4.74 Å². The van der Waals surface area contributed by atoms with Crippen molar-refractivity contribution in [3.63, 3.8) is 0 Å². The molecule has 0 amide bonds. The van der Waals surface area contributed by atoms with E-state index in [0.29, 0.717) is 4.58 Å². The lowest BCUT2D eigenvalue weighted by Gasteiger charge is -2.27. The highest BCUT2D eigenvalue weighted by molar-refractivity contribution is 8.16. The summed E-state index contributed by atoms with van der Waals surface area (Å²) < 4.78 is 6.34. The molecule has 1 aliphatic rings. The molecule has 0 atom stereocenters. The van der Waals surface area contributed by atoms with Gasteiger partial charge in [-0.05, 0) is 48.0 Å². The number of ether oxygens (including phenoxy) is 1. The van der Waals surface area contributed by atoms with Gasteiger partial charge in [0.2, 0.25) is 0 Å². The van der Waals surface area contributed by atoms with Crippen LogP contribution in [0.25, 0.3) is 0 Å². The van der Waals surface area contributed by atoms with Crippen LogP contribution in [-0.4, -0.2) is 18.1 Å². The summed E-state index contributed by atoms with van der Waals surface area (Å²) in [6.07, 6.45) is 5.03. The van der Waals surface area contributed by atoms with E-state index in [9.17, 15) is 0 Å². The predicted octanol–water partition coefficient (Wildman–Crippen LogP) is 5.76. The van der Waals surface area contributed by atoms with Crippen molar-refractivity contribution in [2.45, 2.75) is 44.1 Å². The second-order valence-corrected chi connectivity index (χ2v) is 8.00. The van der Waals surface area contributed by atoms with Crippen LogP contribution in [0.2, 0.25) is 0 Å². The van der Waals surface area contributed by atoms with Crippen LogP contribution >= 0.6 is 23.5 Å². The minimum atomic E-state index is 0.618. The van der Waals surface area contributed by atoms with Gasteiger partial charge in [0.15, 0.2) is 0 Å². The molecule has 3 heteroatoms. The molecule has 2 rings (SSSR count). The molecule has 1 saturated heterocycles. The van der Waals surface area contributed by atoms with Gasteiger partial charge < -0.3 is 4.74 Å². The first-order valence-electron chi connectivity index (χ1n) is 7.79. The molecule has 1 aromatic carbocycles. The minimum Gasteiger partial charge on any atom is -0.494 e. The van der Waals surface area contributed by atoms with E-state index in [0.717, 1.165) is 24.7 Å². The zero-order valence-corrected chi connectivity index (χ0v) is 14.3. The number of hydrogen-bond acceptors (Lipinski definition) is 3. The molecule has 0 N–H and O–H groups in total. The standard InChI is InChI=1S/C17H26OS2/c1-3-5-11-18-16-9-7-15(8-10-16)17-19-12-14(6-4-2)13-20-17/h7-10,14,17H,3-6,11-13H2,1-2H3. The molecule has 112 valence electrons. The van der Waals surface area contributed by atoms with E-state index in [1.165, 1.54) is 36.3 Å². The summed E-state index contributed by atoms with van der Waals surface area (Å²) in [7, 11) is 0. The van der Waals surface area contributed by atoms with Gasteiger partial charge >= 0.3 is 0 Å². The maximum atomic E-state index is 5.72. The van der Waals surface area contributed by atoms with Gasteiger partial charge in [0.25, 0.3) is 0 Å². The fourth-order valence-corrected chi connectivity index (χ4v) is 5.53. The molecule has 0 radical (unpaired) electrons. The van der Waals surface area contributed by atoms with Crippen LogP contribution in [-0.2, 0) is 0 Å². The van der Waals surface area contributed by atoms with Gasteiger partial charge in [-0.15, -0.1) is 23.5 Å². The second kappa shape index (κ2) is 8.89. The van der Waals surface area contributed by atoms with Crippen molar-refractivity contribution in [2.75, 3.05) is 18.1 Å². The van der Waals surface area contributed by atoms with Crippen molar-refractivity contribution in [3.05, 3.63) is 29.8 Å². The summed E-state index contributed by atoms with van der Waals surface area (Å²) in [5.41, 5.74) is 1.44. The fourth-order valence-electron chi connectivity index (χ4n) is 2.37. The van der Waals surface area contributed by atoms with Crippen molar-refractivity contribution in [3.8, 4) is 5.75 Å². The maximum absolute atomic E-state index is 5.72. The van der Waals surface area contributed by atoms with Crippen molar-refractivity contribution in [1.82, 2.24) is 0 Å². The molecule has 0 saturated carbocycles. The number of rotatable bonds is 7. The molecule has 1 heterocycles. The van der Waals surface area contributed by atoms with E-state index in [1.807, 2.05) is 0 Å². The summed E-state index contributed by atoms with van der Waals surface area (Å²) in [6.45, 7) is 5.32. The lowest BCUT2D eigenvalue weighted by Crippen LogP contribution is -2.13. The van der Waals surface area contributed by atoms with Gasteiger partial charge in [0, 0.05) is 0 Å². The van der Waals surface area contributed by atoms with Gasteiger partial charge in [-0.25, -0.2) is 0 Å². The number of thioether (sulfide) groups is 2. The third-order valence-corrected chi connectivity index (χ3v) is 6.88. The van der Waals surface area contributed by atoms with E-state index in [1.54, 1.807) is 0 Å². The highest BCUT2D eigenvalue weighted by atomic mass is 32.2. The molecule has 0 bridgehead atoms. The molecular formula is C17H26OS2. The fraction of sp³-hybridized carbons (Fsp3) is 0.647. The lowest BCUT2D eigenvalue weighted by molar-refractivity contribution is 0.309. The Morgan fingerprint density at radius 3 is 2.35 bits per heavy atom. The number of unbranched alkanes of at least 4 members (excludes halogenated alkanes) is 1. The quantitative estimate of drug-likeness (QED) is 0.592. The first-order valence-corrected chi connectivity index (χ1v) is 9.89. The Labute approximate surface area is 132 Å². The molecule has 0 aliphatic carbocycles. The topological polar surface area (TPSA) is 9.23 Å². The molecule has 1 aliphatic heterocycles. The summed E-state index contributed by atoms with van der Waals surface area (Å²) in [6, 6.07) is 8.74. The molecule has 1 fully saturated rings. The Balaban J connectivity index is 1.81. The second-order valence-electron chi connectivity index (χ2n) is 5.42. The van der Waals surface area contributed by atoms with Gasteiger partial charge in [0.1, 0.15) is 5.75 Å². The average molecular weight is 311 g/mol. The Morgan fingerprint density at radius 2 is 1.75 bits per heavy atom. The average Bonchev–Trinajstić information content (AvgIpc) is 2.49. The minimum absolute atomic E-state index is 0.618. The highest BCUT2D eigenvalue weighted by Crippen LogP contribution is 2.46. The first-order chi connectivity index (χ1) is 9.83. The van der Waals surface area contributed by atoms with E-state index in [2.05, 4.69) is 61.6 Å². The Bertz CT molecular complexity index is 369. The van der Waals surface area contributed by atoms with E-state index < -0.39 is 0 Å².